The molecule has 0 aliphatic rings. The van der Waals surface area contributed by atoms with Gasteiger partial charge in [0.05, 0.1) is 6.61 Å². The molecule has 1 unspecified atom stereocenters. The van der Waals surface area contributed by atoms with Crippen LogP contribution in [0, 0.1) is 0 Å². The van der Waals surface area contributed by atoms with Crippen LogP contribution in [0.2, 0.25) is 5.02 Å². The van der Waals surface area contributed by atoms with E-state index in [1.807, 2.05) is 0 Å². The van der Waals surface area contributed by atoms with Crippen LogP contribution >= 0.6 is 23.2 Å². The summed E-state index contributed by atoms with van der Waals surface area (Å²) in [5.74, 6) is 2.08. The molecule has 0 N–H and O–H groups in total. The number of alkyl halides is 1. The molecular formula is C19H20Cl2O4. The Morgan fingerprint density at radius 2 is 1.52 bits per heavy atom. The fourth-order valence-electron chi connectivity index (χ4n) is 1.96. The maximum atomic E-state index is 11.8. The Bertz CT molecular complexity index is 656. The molecule has 1 atom stereocenters. The topological polar surface area (TPSA) is 44.8 Å². The first kappa shape index (κ1) is 19.4. The van der Waals surface area contributed by atoms with Crippen molar-refractivity contribution in [3.63, 3.8) is 0 Å². The quantitative estimate of drug-likeness (QED) is 0.328. The van der Waals surface area contributed by atoms with Gasteiger partial charge < -0.3 is 14.2 Å². The van der Waals surface area contributed by atoms with Gasteiger partial charge in [0.1, 0.15) is 17.2 Å². The number of ether oxygens (including phenoxy) is 3. The van der Waals surface area contributed by atoms with Gasteiger partial charge in [-0.3, -0.25) is 0 Å². The summed E-state index contributed by atoms with van der Waals surface area (Å²) < 4.78 is 16.4. The van der Waals surface area contributed by atoms with Gasteiger partial charge in [0.25, 0.3) is 0 Å². The lowest BCUT2D eigenvalue weighted by Crippen LogP contribution is -2.26. The number of hydrogen-bond acceptors (Lipinski definition) is 4. The molecule has 134 valence electrons. The Morgan fingerprint density at radius 1 is 0.960 bits per heavy atom. The molecule has 2 aromatic carbocycles. The zero-order valence-electron chi connectivity index (χ0n) is 13.9. The number of rotatable bonds is 9. The zero-order chi connectivity index (χ0) is 18.1. The second kappa shape index (κ2) is 10.2. The number of carbonyl (C=O) groups excluding carboxylic acids is 1. The summed E-state index contributed by atoms with van der Waals surface area (Å²) in [6.45, 7) is 2.01. The minimum atomic E-state index is -0.681. The fourth-order valence-corrected chi connectivity index (χ4v) is 2.28. The summed E-state index contributed by atoms with van der Waals surface area (Å²) in [6.07, 6.45) is 0.886. The predicted molar refractivity (Wildman–Crippen MR) is 99.0 cm³/mol. The highest BCUT2D eigenvalue weighted by Crippen LogP contribution is 2.25. The van der Waals surface area contributed by atoms with Crippen LogP contribution in [0.15, 0.2) is 48.5 Å². The molecule has 6 heteroatoms. The number of esters is 1. The smallest absolute Gasteiger partial charge is 0.347 e. The van der Waals surface area contributed by atoms with Gasteiger partial charge in [0.15, 0.2) is 6.10 Å². The molecule has 4 nitrogen and oxygen atoms in total. The third-order valence-corrected chi connectivity index (χ3v) is 3.81. The third kappa shape index (κ3) is 6.85. The average molecular weight is 383 g/mol. The van der Waals surface area contributed by atoms with Gasteiger partial charge in [0, 0.05) is 10.9 Å². The normalized spacial score (nSPS) is 11.6. The highest BCUT2D eigenvalue weighted by molar-refractivity contribution is 6.30. The maximum absolute atomic E-state index is 11.8. The van der Waals surface area contributed by atoms with Gasteiger partial charge in [-0.05, 0) is 68.3 Å². The van der Waals surface area contributed by atoms with Crippen LogP contribution in [0.25, 0.3) is 0 Å². The van der Waals surface area contributed by atoms with Crippen molar-refractivity contribution in [1.82, 2.24) is 0 Å². The van der Waals surface area contributed by atoms with Crippen LogP contribution in [0.3, 0.4) is 0 Å². The van der Waals surface area contributed by atoms with Gasteiger partial charge in [-0.15, -0.1) is 11.6 Å². The van der Waals surface area contributed by atoms with Crippen molar-refractivity contribution >= 4 is 29.2 Å². The molecule has 0 bridgehead atoms. The third-order valence-electron chi connectivity index (χ3n) is 3.29. The lowest BCUT2D eigenvalue weighted by molar-refractivity contribution is -0.151. The first-order valence-electron chi connectivity index (χ1n) is 8.01. The molecule has 0 saturated heterocycles. The van der Waals surface area contributed by atoms with Crippen molar-refractivity contribution in [2.75, 3.05) is 12.5 Å². The molecule has 25 heavy (non-hydrogen) atoms. The van der Waals surface area contributed by atoms with Crippen LogP contribution < -0.4 is 9.47 Å². The molecule has 0 radical (unpaired) electrons. The number of benzene rings is 2. The minimum Gasteiger partial charge on any atom is -0.479 e. The summed E-state index contributed by atoms with van der Waals surface area (Å²) in [5, 5.41) is 0.652. The Hall–Kier alpha value is -1.91. The van der Waals surface area contributed by atoms with Crippen LogP contribution in [-0.2, 0) is 9.53 Å². The molecule has 2 aromatic rings. The van der Waals surface area contributed by atoms with Crippen molar-refractivity contribution < 1.29 is 19.0 Å². The zero-order valence-corrected chi connectivity index (χ0v) is 15.4. The molecule has 0 fully saturated rings. The van der Waals surface area contributed by atoms with E-state index < -0.39 is 12.1 Å². The van der Waals surface area contributed by atoms with E-state index in [9.17, 15) is 4.79 Å². The second-order valence-electron chi connectivity index (χ2n) is 5.35. The molecule has 0 spiro atoms. The van der Waals surface area contributed by atoms with Gasteiger partial charge in [-0.1, -0.05) is 11.6 Å². The highest BCUT2D eigenvalue weighted by atomic mass is 35.5. The Balaban J connectivity index is 1.82. The summed E-state index contributed by atoms with van der Waals surface area (Å²) >= 11 is 11.4. The lowest BCUT2D eigenvalue weighted by Gasteiger charge is -2.14. The predicted octanol–water partition coefficient (Wildman–Crippen LogP) is 5.46. The van der Waals surface area contributed by atoms with Crippen molar-refractivity contribution in [3.8, 4) is 17.2 Å². The van der Waals surface area contributed by atoms with Crippen molar-refractivity contribution in [3.05, 3.63) is 53.6 Å². The van der Waals surface area contributed by atoms with Crippen LogP contribution in [0.4, 0.5) is 0 Å². The van der Waals surface area contributed by atoms with E-state index >= 15 is 0 Å². The number of carbonyl (C=O) groups is 1. The Labute approximate surface area is 157 Å². The Morgan fingerprint density at radius 3 is 2.12 bits per heavy atom. The van der Waals surface area contributed by atoms with Crippen molar-refractivity contribution in [1.29, 1.82) is 0 Å². The largest absolute Gasteiger partial charge is 0.479 e. The van der Waals surface area contributed by atoms with Crippen LogP contribution in [0.1, 0.15) is 19.8 Å². The van der Waals surface area contributed by atoms with Crippen molar-refractivity contribution in [2.45, 2.75) is 25.9 Å². The van der Waals surface area contributed by atoms with Gasteiger partial charge in [-0.25, -0.2) is 4.79 Å². The first-order valence-corrected chi connectivity index (χ1v) is 8.92. The monoisotopic (exact) mass is 382 g/mol. The second-order valence-corrected chi connectivity index (χ2v) is 6.17. The molecule has 0 aliphatic heterocycles. The van der Waals surface area contributed by atoms with E-state index in [2.05, 4.69) is 0 Å². The van der Waals surface area contributed by atoms with Gasteiger partial charge in [0.2, 0.25) is 0 Å². The van der Waals surface area contributed by atoms with E-state index in [4.69, 9.17) is 37.4 Å². The van der Waals surface area contributed by atoms with E-state index in [-0.39, 0.29) is 0 Å². The highest BCUT2D eigenvalue weighted by Gasteiger charge is 2.16. The van der Waals surface area contributed by atoms with E-state index in [1.54, 1.807) is 55.5 Å². The summed E-state index contributed by atoms with van der Waals surface area (Å²) in [6, 6.07) is 14.1. The lowest BCUT2D eigenvalue weighted by atomic mass is 10.3. The average Bonchev–Trinajstić information content (AvgIpc) is 2.62. The molecule has 0 amide bonds. The standard InChI is InChI=1S/C19H20Cl2O4/c1-14(19(22)23-13-3-2-12-20)24-16-8-10-18(11-9-16)25-17-6-4-15(21)5-7-17/h4-11,14H,2-3,12-13H2,1H3. The SMILES string of the molecule is CC(Oc1ccc(Oc2ccc(Cl)cc2)cc1)C(=O)OCCCCCl. The molecule has 2 rings (SSSR count). The fraction of sp³-hybridized carbons (Fsp3) is 0.316. The summed E-state index contributed by atoms with van der Waals surface area (Å²) in [5.41, 5.74) is 0. The van der Waals surface area contributed by atoms with Crippen molar-refractivity contribution in [2.24, 2.45) is 0 Å². The number of unbranched alkanes of at least 4 members (excludes halogenated alkanes) is 1. The molecule has 0 aliphatic carbocycles. The number of hydrogen-bond donors (Lipinski definition) is 0. The molecule has 0 heterocycles. The van der Waals surface area contributed by atoms with Gasteiger partial charge in [-0.2, -0.15) is 0 Å². The van der Waals surface area contributed by atoms with Gasteiger partial charge >= 0.3 is 5.97 Å². The van der Waals surface area contributed by atoms with Crippen LogP contribution in [-0.4, -0.2) is 24.6 Å². The summed E-state index contributed by atoms with van der Waals surface area (Å²) in [4.78, 5) is 11.8. The van der Waals surface area contributed by atoms with E-state index in [1.165, 1.54) is 0 Å². The first-order chi connectivity index (χ1) is 12.1. The van der Waals surface area contributed by atoms with E-state index in [0.29, 0.717) is 34.8 Å². The maximum Gasteiger partial charge on any atom is 0.347 e. The minimum absolute atomic E-state index is 0.354. The van der Waals surface area contributed by atoms with Crippen LogP contribution in [0.5, 0.6) is 17.2 Å². The number of halogens is 2. The summed E-state index contributed by atoms with van der Waals surface area (Å²) in [7, 11) is 0. The van der Waals surface area contributed by atoms with E-state index in [0.717, 1.165) is 12.8 Å². The molecular weight excluding hydrogens is 363 g/mol. The molecule has 0 saturated carbocycles. The Kier molecular flexibility index (Phi) is 7.89. The molecule has 0 aromatic heterocycles.